The van der Waals surface area contributed by atoms with Gasteiger partial charge in [0.1, 0.15) is 5.82 Å². The first-order valence-corrected chi connectivity index (χ1v) is 9.46. The van der Waals surface area contributed by atoms with Gasteiger partial charge in [0.25, 0.3) is 0 Å². The van der Waals surface area contributed by atoms with Crippen molar-refractivity contribution in [2.45, 2.75) is 45.4 Å². The van der Waals surface area contributed by atoms with E-state index < -0.39 is 0 Å². The van der Waals surface area contributed by atoms with Gasteiger partial charge in [0, 0.05) is 17.3 Å². The number of halogens is 1. The number of aromatic nitrogens is 2. The van der Waals surface area contributed by atoms with E-state index in [1.165, 1.54) is 44.7 Å². The molecule has 2 aromatic heterocycles. The van der Waals surface area contributed by atoms with E-state index in [0.717, 1.165) is 18.2 Å². The van der Waals surface area contributed by atoms with Gasteiger partial charge in [0.2, 0.25) is 0 Å². The lowest BCUT2D eigenvalue weighted by Crippen LogP contribution is -2.09. The molecule has 3 nitrogen and oxygen atoms in total. The summed E-state index contributed by atoms with van der Waals surface area (Å²) in [6, 6.07) is 4.28. The van der Waals surface area contributed by atoms with Crippen LogP contribution in [0.4, 0.5) is 5.82 Å². The lowest BCUT2D eigenvalue weighted by molar-refractivity contribution is 0.691. The van der Waals surface area contributed by atoms with Crippen molar-refractivity contribution in [1.82, 2.24) is 9.97 Å². The fraction of sp³-hybridized carbons (Fsp3) is 0.500. The zero-order chi connectivity index (χ0) is 14.8. The first-order chi connectivity index (χ1) is 10.2. The predicted octanol–water partition coefficient (Wildman–Crippen LogP) is 5.21. The highest BCUT2D eigenvalue weighted by Gasteiger charge is 2.24. The van der Waals surface area contributed by atoms with Gasteiger partial charge < -0.3 is 5.32 Å². The summed E-state index contributed by atoms with van der Waals surface area (Å²) in [6.07, 6.45) is 5.19. The van der Waals surface area contributed by atoms with E-state index >= 15 is 0 Å². The summed E-state index contributed by atoms with van der Waals surface area (Å²) in [4.78, 5) is 12.2. The van der Waals surface area contributed by atoms with Gasteiger partial charge in [0.05, 0.1) is 14.1 Å². The van der Waals surface area contributed by atoms with Crippen LogP contribution in [0.2, 0.25) is 0 Å². The van der Waals surface area contributed by atoms with Crippen LogP contribution in [0.25, 0.3) is 10.7 Å². The molecule has 0 radical (unpaired) electrons. The molecule has 0 amide bonds. The molecule has 0 spiro atoms. The summed E-state index contributed by atoms with van der Waals surface area (Å²) in [7, 11) is 0. The number of nitrogens with zero attached hydrogens (tertiary/aromatic N) is 2. The van der Waals surface area contributed by atoms with Gasteiger partial charge in [-0.2, -0.15) is 0 Å². The summed E-state index contributed by atoms with van der Waals surface area (Å²) in [6.45, 7) is 5.13. The third-order valence-electron chi connectivity index (χ3n) is 3.92. The maximum absolute atomic E-state index is 4.93. The van der Waals surface area contributed by atoms with Gasteiger partial charge in [-0.1, -0.05) is 12.8 Å². The van der Waals surface area contributed by atoms with Crippen LogP contribution in [0.3, 0.4) is 0 Å². The number of rotatable bonds is 4. The molecule has 2 aromatic rings. The lowest BCUT2D eigenvalue weighted by atomic mass is 10.0. The third kappa shape index (κ3) is 3.23. The Labute approximate surface area is 143 Å². The standard InChI is InChI=1S/C16H20IN3S/c1-3-18-16-13(17)14(11-6-4-5-7-11)19-15(20-16)12-9-8-10(2)21-12/h8-9,11H,3-7H2,1-2H3,(H,18,19,20). The quantitative estimate of drug-likeness (QED) is 0.700. The third-order valence-corrected chi connectivity index (χ3v) is 5.98. The zero-order valence-corrected chi connectivity index (χ0v) is 15.4. The van der Waals surface area contributed by atoms with Crippen LogP contribution >= 0.6 is 33.9 Å². The van der Waals surface area contributed by atoms with Crippen molar-refractivity contribution in [1.29, 1.82) is 0 Å². The smallest absolute Gasteiger partial charge is 0.171 e. The number of hydrogen-bond acceptors (Lipinski definition) is 4. The summed E-state index contributed by atoms with van der Waals surface area (Å²) < 4.78 is 1.21. The molecule has 1 saturated carbocycles. The normalized spacial score (nSPS) is 15.6. The molecule has 3 rings (SSSR count). The molecule has 1 fully saturated rings. The van der Waals surface area contributed by atoms with Crippen molar-refractivity contribution in [3.05, 3.63) is 26.3 Å². The van der Waals surface area contributed by atoms with Crippen LogP contribution in [-0.4, -0.2) is 16.5 Å². The Morgan fingerprint density at radius 3 is 2.67 bits per heavy atom. The van der Waals surface area contributed by atoms with Gasteiger partial charge in [-0.25, -0.2) is 9.97 Å². The van der Waals surface area contributed by atoms with Crippen LogP contribution in [-0.2, 0) is 0 Å². The van der Waals surface area contributed by atoms with Crippen molar-refractivity contribution < 1.29 is 0 Å². The first kappa shape index (κ1) is 15.2. The minimum Gasteiger partial charge on any atom is -0.369 e. The average Bonchev–Trinajstić information content (AvgIpc) is 3.12. The second-order valence-electron chi connectivity index (χ2n) is 5.52. The maximum Gasteiger partial charge on any atom is 0.171 e. The van der Waals surface area contributed by atoms with Crippen LogP contribution in [0, 0.1) is 10.5 Å². The Balaban J connectivity index is 2.07. The van der Waals surface area contributed by atoms with Crippen LogP contribution in [0.1, 0.15) is 49.1 Å². The lowest BCUT2D eigenvalue weighted by Gasteiger charge is -2.15. The zero-order valence-electron chi connectivity index (χ0n) is 12.4. The summed E-state index contributed by atoms with van der Waals surface area (Å²) in [5.74, 6) is 2.49. The van der Waals surface area contributed by atoms with Gasteiger partial charge >= 0.3 is 0 Å². The molecule has 0 aliphatic heterocycles. The molecule has 0 unspecified atom stereocenters. The average molecular weight is 413 g/mol. The highest BCUT2D eigenvalue weighted by molar-refractivity contribution is 14.1. The number of nitrogens with one attached hydrogen (secondary N) is 1. The van der Waals surface area contributed by atoms with Crippen molar-refractivity contribution in [2.24, 2.45) is 0 Å². The highest BCUT2D eigenvalue weighted by atomic mass is 127. The maximum atomic E-state index is 4.93. The predicted molar refractivity (Wildman–Crippen MR) is 98.2 cm³/mol. The fourth-order valence-electron chi connectivity index (χ4n) is 2.88. The van der Waals surface area contributed by atoms with Crippen molar-refractivity contribution in [3.63, 3.8) is 0 Å². The Bertz CT molecular complexity index is 632. The van der Waals surface area contributed by atoms with E-state index in [4.69, 9.17) is 9.97 Å². The van der Waals surface area contributed by atoms with E-state index in [-0.39, 0.29) is 0 Å². The molecule has 0 bridgehead atoms. The first-order valence-electron chi connectivity index (χ1n) is 7.57. The van der Waals surface area contributed by atoms with E-state index in [1.807, 2.05) is 0 Å². The Hall–Kier alpha value is -0.690. The molecule has 5 heteroatoms. The molecule has 0 aromatic carbocycles. The number of anilines is 1. The number of thiophene rings is 1. The van der Waals surface area contributed by atoms with E-state index in [1.54, 1.807) is 11.3 Å². The summed E-state index contributed by atoms with van der Waals surface area (Å²) in [5.41, 5.74) is 1.25. The Morgan fingerprint density at radius 2 is 2.05 bits per heavy atom. The molecule has 0 atom stereocenters. The van der Waals surface area contributed by atoms with Crippen LogP contribution < -0.4 is 5.32 Å². The van der Waals surface area contributed by atoms with E-state index in [2.05, 4.69) is 53.9 Å². The molecule has 0 saturated heterocycles. The Kier molecular flexibility index (Phi) is 4.78. The molecule has 21 heavy (non-hydrogen) atoms. The molecule has 2 heterocycles. The molecule has 112 valence electrons. The van der Waals surface area contributed by atoms with Crippen molar-refractivity contribution in [2.75, 3.05) is 11.9 Å². The molecule has 1 aliphatic rings. The molecule has 1 N–H and O–H groups in total. The largest absolute Gasteiger partial charge is 0.369 e. The Morgan fingerprint density at radius 1 is 1.29 bits per heavy atom. The van der Waals surface area contributed by atoms with Crippen molar-refractivity contribution in [3.8, 4) is 10.7 Å². The number of aryl methyl sites for hydroxylation is 1. The number of hydrogen-bond donors (Lipinski definition) is 1. The minimum atomic E-state index is 0.608. The molecule has 1 aliphatic carbocycles. The monoisotopic (exact) mass is 413 g/mol. The van der Waals surface area contributed by atoms with Gasteiger partial charge in [0.15, 0.2) is 5.82 Å². The molecular weight excluding hydrogens is 393 g/mol. The van der Waals surface area contributed by atoms with Gasteiger partial charge in [-0.05, 0) is 61.4 Å². The SMILES string of the molecule is CCNc1nc(-c2ccc(C)s2)nc(C2CCCC2)c1I. The van der Waals surface area contributed by atoms with Crippen molar-refractivity contribution >= 4 is 39.7 Å². The highest BCUT2D eigenvalue weighted by Crippen LogP contribution is 2.38. The second-order valence-corrected chi connectivity index (χ2v) is 7.88. The second kappa shape index (κ2) is 6.60. The van der Waals surface area contributed by atoms with E-state index in [9.17, 15) is 0 Å². The fourth-order valence-corrected chi connectivity index (χ4v) is 4.56. The summed E-state index contributed by atoms with van der Waals surface area (Å²) >= 11 is 4.18. The minimum absolute atomic E-state index is 0.608. The van der Waals surface area contributed by atoms with Gasteiger partial charge in [-0.3, -0.25) is 0 Å². The summed E-state index contributed by atoms with van der Waals surface area (Å²) in [5, 5.41) is 3.40. The topological polar surface area (TPSA) is 37.8 Å². The molecular formula is C16H20IN3S. The van der Waals surface area contributed by atoms with Crippen LogP contribution in [0.15, 0.2) is 12.1 Å². The van der Waals surface area contributed by atoms with Gasteiger partial charge in [-0.15, -0.1) is 11.3 Å². The van der Waals surface area contributed by atoms with Crippen LogP contribution in [0.5, 0.6) is 0 Å². The van der Waals surface area contributed by atoms with E-state index in [0.29, 0.717) is 5.92 Å².